The molecule has 1 N–H and O–H groups in total. The quantitative estimate of drug-likeness (QED) is 0.909. The summed E-state index contributed by atoms with van der Waals surface area (Å²) in [4.78, 5) is 11.4. The molecule has 1 unspecified atom stereocenters. The number of aryl methyl sites for hydroxylation is 1. The normalized spacial score (nSPS) is 12.1. The van der Waals surface area contributed by atoms with Crippen LogP contribution in [0.5, 0.6) is 0 Å². The summed E-state index contributed by atoms with van der Waals surface area (Å²) < 4.78 is 13.8. The fourth-order valence-corrected chi connectivity index (χ4v) is 2.11. The molecular formula is C16H15FO2. The van der Waals surface area contributed by atoms with Gasteiger partial charge in [0.15, 0.2) is 0 Å². The predicted molar refractivity (Wildman–Crippen MR) is 71.7 cm³/mol. The highest BCUT2D eigenvalue weighted by atomic mass is 19.1. The Morgan fingerprint density at radius 2 is 1.79 bits per heavy atom. The van der Waals surface area contributed by atoms with Gasteiger partial charge < -0.3 is 5.11 Å². The molecule has 98 valence electrons. The molecule has 0 amide bonds. The minimum absolute atomic E-state index is 0.194. The van der Waals surface area contributed by atoms with Crippen molar-refractivity contribution in [3.8, 4) is 0 Å². The first kappa shape index (κ1) is 13.3. The van der Waals surface area contributed by atoms with Crippen LogP contribution in [-0.4, -0.2) is 11.1 Å². The molecule has 0 saturated heterocycles. The molecule has 0 spiro atoms. The van der Waals surface area contributed by atoms with Gasteiger partial charge in [-0.15, -0.1) is 0 Å². The molecule has 2 aromatic carbocycles. The van der Waals surface area contributed by atoms with Crippen LogP contribution in [0.25, 0.3) is 0 Å². The number of aliphatic carboxylic acids is 1. The van der Waals surface area contributed by atoms with Crippen molar-refractivity contribution in [2.75, 3.05) is 0 Å². The lowest BCUT2D eigenvalue weighted by Gasteiger charge is -2.14. The maximum absolute atomic E-state index is 13.8. The largest absolute Gasteiger partial charge is 0.481 e. The van der Waals surface area contributed by atoms with E-state index in [4.69, 9.17) is 0 Å². The SMILES string of the molecule is CCc1ccc(C(C(=O)O)c2ccccc2F)cc1. The number of carboxylic acids is 1. The fraction of sp³-hybridized carbons (Fsp3) is 0.188. The second-order valence-corrected chi connectivity index (χ2v) is 4.39. The van der Waals surface area contributed by atoms with Crippen LogP contribution >= 0.6 is 0 Å². The Bertz CT molecular complexity index is 576. The Morgan fingerprint density at radius 1 is 1.16 bits per heavy atom. The lowest BCUT2D eigenvalue weighted by molar-refractivity contribution is -0.137. The number of rotatable bonds is 4. The van der Waals surface area contributed by atoms with Gasteiger partial charge in [0.2, 0.25) is 0 Å². The highest BCUT2D eigenvalue weighted by Gasteiger charge is 2.24. The van der Waals surface area contributed by atoms with Crippen LogP contribution in [0.1, 0.15) is 29.5 Å². The summed E-state index contributed by atoms with van der Waals surface area (Å²) >= 11 is 0. The van der Waals surface area contributed by atoms with Crippen LogP contribution < -0.4 is 0 Å². The van der Waals surface area contributed by atoms with E-state index < -0.39 is 17.7 Å². The van der Waals surface area contributed by atoms with Crippen molar-refractivity contribution in [1.29, 1.82) is 0 Å². The summed E-state index contributed by atoms with van der Waals surface area (Å²) in [6.45, 7) is 2.03. The summed E-state index contributed by atoms with van der Waals surface area (Å²) in [5.74, 6) is -2.50. The number of carboxylic acid groups (broad SMARTS) is 1. The highest BCUT2D eigenvalue weighted by molar-refractivity contribution is 5.80. The third-order valence-corrected chi connectivity index (χ3v) is 3.18. The number of hydrogen-bond acceptors (Lipinski definition) is 1. The number of halogens is 1. The molecule has 2 nitrogen and oxygen atoms in total. The second-order valence-electron chi connectivity index (χ2n) is 4.39. The molecule has 3 heteroatoms. The molecule has 0 aliphatic rings. The molecule has 0 radical (unpaired) electrons. The van der Waals surface area contributed by atoms with Crippen LogP contribution in [0.4, 0.5) is 4.39 Å². The zero-order valence-electron chi connectivity index (χ0n) is 10.6. The molecule has 0 aliphatic heterocycles. The van der Waals surface area contributed by atoms with Gasteiger partial charge in [0, 0.05) is 5.56 Å². The van der Waals surface area contributed by atoms with Gasteiger partial charge in [-0.25, -0.2) is 4.39 Å². The average Bonchev–Trinajstić information content (AvgIpc) is 2.42. The van der Waals surface area contributed by atoms with Crippen molar-refractivity contribution in [1.82, 2.24) is 0 Å². The third kappa shape index (κ3) is 2.81. The first-order valence-electron chi connectivity index (χ1n) is 6.19. The summed E-state index contributed by atoms with van der Waals surface area (Å²) in [6, 6.07) is 13.3. The van der Waals surface area contributed by atoms with E-state index in [1.54, 1.807) is 24.3 Å². The van der Waals surface area contributed by atoms with E-state index in [2.05, 4.69) is 0 Å². The molecule has 0 bridgehead atoms. The minimum Gasteiger partial charge on any atom is -0.481 e. The van der Waals surface area contributed by atoms with Gasteiger partial charge >= 0.3 is 5.97 Å². The molecular weight excluding hydrogens is 243 g/mol. The van der Waals surface area contributed by atoms with E-state index in [1.807, 2.05) is 19.1 Å². The van der Waals surface area contributed by atoms with E-state index in [0.29, 0.717) is 5.56 Å². The molecule has 2 aromatic rings. The summed E-state index contributed by atoms with van der Waals surface area (Å²) in [5, 5.41) is 9.36. The van der Waals surface area contributed by atoms with Crippen LogP contribution in [-0.2, 0) is 11.2 Å². The van der Waals surface area contributed by atoms with Crippen LogP contribution in [0.3, 0.4) is 0 Å². The Labute approximate surface area is 111 Å². The molecule has 2 rings (SSSR count). The first-order valence-corrected chi connectivity index (χ1v) is 6.19. The lowest BCUT2D eigenvalue weighted by Crippen LogP contribution is -2.14. The minimum atomic E-state index is -1.05. The van der Waals surface area contributed by atoms with Crippen LogP contribution in [0, 0.1) is 5.82 Å². The van der Waals surface area contributed by atoms with Gasteiger partial charge in [0.1, 0.15) is 11.7 Å². The third-order valence-electron chi connectivity index (χ3n) is 3.18. The number of benzene rings is 2. The fourth-order valence-electron chi connectivity index (χ4n) is 2.11. The standard InChI is InChI=1S/C16H15FO2/c1-2-11-7-9-12(10-8-11)15(16(18)19)13-5-3-4-6-14(13)17/h3-10,15H,2H2,1H3,(H,18,19). The summed E-state index contributed by atoms with van der Waals surface area (Å²) in [6.07, 6.45) is 0.887. The molecule has 0 heterocycles. The number of hydrogen-bond donors (Lipinski definition) is 1. The Hall–Kier alpha value is -2.16. The van der Waals surface area contributed by atoms with Crippen molar-refractivity contribution in [2.45, 2.75) is 19.3 Å². The van der Waals surface area contributed by atoms with Crippen molar-refractivity contribution < 1.29 is 14.3 Å². The molecule has 0 aromatic heterocycles. The Morgan fingerprint density at radius 3 is 2.32 bits per heavy atom. The highest BCUT2D eigenvalue weighted by Crippen LogP contribution is 2.27. The van der Waals surface area contributed by atoms with Crippen molar-refractivity contribution in [2.24, 2.45) is 0 Å². The Kier molecular flexibility index (Phi) is 3.95. The van der Waals surface area contributed by atoms with Gasteiger partial charge in [0.05, 0.1) is 0 Å². The molecule has 0 fully saturated rings. The Balaban J connectivity index is 2.46. The van der Waals surface area contributed by atoms with Crippen LogP contribution in [0.15, 0.2) is 48.5 Å². The van der Waals surface area contributed by atoms with Crippen molar-refractivity contribution >= 4 is 5.97 Å². The van der Waals surface area contributed by atoms with E-state index in [0.717, 1.165) is 12.0 Å². The van der Waals surface area contributed by atoms with Crippen LogP contribution in [0.2, 0.25) is 0 Å². The maximum Gasteiger partial charge on any atom is 0.315 e. The lowest BCUT2D eigenvalue weighted by atomic mass is 9.90. The van der Waals surface area contributed by atoms with Gasteiger partial charge in [-0.2, -0.15) is 0 Å². The van der Waals surface area contributed by atoms with Crippen molar-refractivity contribution in [3.05, 3.63) is 71.0 Å². The zero-order valence-corrected chi connectivity index (χ0v) is 10.6. The van der Waals surface area contributed by atoms with E-state index in [9.17, 15) is 14.3 Å². The number of carbonyl (C=O) groups is 1. The summed E-state index contributed by atoms with van der Waals surface area (Å²) in [7, 11) is 0. The second kappa shape index (κ2) is 5.65. The van der Waals surface area contributed by atoms with Gasteiger partial charge in [-0.1, -0.05) is 49.4 Å². The van der Waals surface area contributed by atoms with E-state index in [1.165, 1.54) is 12.1 Å². The molecule has 19 heavy (non-hydrogen) atoms. The van der Waals surface area contributed by atoms with Crippen molar-refractivity contribution in [3.63, 3.8) is 0 Å². The van der Waals surface area contributed by atoms with E-state index in [-0.39, 0.29) is 5.56 Å². The molecule has 1 atom stereocenters. The molecule has 0 aliphatic carbocycles. The average molecular weight is 258 g/mol. The maximum atomic E-state index is 13.8. The first-order chi connectivity index (χ1) is 9.13. The summed E-state index contributed by atoms with van der Waals surface area (Å²) in [5.41, 5.74) is 1.91. The van der Waals surface area contributed by atoms with Gasteiger partial charge in [-0.3, -0.25) is 4.79 Å². The monoisotopic (exact) mass is 258 g/mol. The van der Waals surface area contributed by atoms with E-state index >= 15 is 0 Å². The van der Waals surface area contributed by atoms with Gasteiger partial charge in [0.25, 0.3) is 0 Å². The zero-order chi connectivity index (χ0) is 13.8. The predicted octanol–water partition coefficient (Wildman–Crippen LogP) is 3.60. The topological polar surface area (TPSA) is 37.3 Å². The van der Waals surface area contributed by atoms with Gasteiger partial charge in [-0.05, 0) is 23.6 Å². The smallest absolute Gasteiger partial charge is 0.315 e. The molecule has 0 saturated carbocycles.